The molecule has 3 aromatic rings. The summed E-state index contributed by atoms with van der Waals surface area (Å²) in [6.45, 7) is 6.03. The fraction of sp³-hybridized carbons (Fsp3) is 0.500. The van der Waals surface area contributed by atoms with E-state index >= 15 is 0 Å². The monoisotopic (exact) mass is 407 g/mol. The molecule has 148 valence electrons. The summed E-state index contributed by atoms with van der Waals surface area (Å²) in [5.74, 6) is -1.80. The molecular formula is C18H20ClF2N7. The molecule has 1 aliphatic rings. The van der Waals surface area contributed by atoms with Crippen LogP contribution in [0.3, 0.4) is 0 Å². The SMILES string of the molecule is CC(C)(C)c1nc(N2CCC(F)(F)C2)c2nn(Cc3cccnc3Cl)nc2n1. The average molecular weight is 408 g/mol. The maximum atomic E-state index is 13.8. The highest BCUT2D eigenvalue weighted by Crippen LogP contribution is 2.33. The fourth-order valence-corrected chi connectivity index (χ4v) is 3.25. The molecule has 0 saturated carbocycles. The summed E-state index contributed by atoms with van der Waals surface area (Å²) in [7, 11) is 0. The van der Waals surface area contributed by atoms with Gasteiger partial charge in [-0.25, -0.2) is 23.7 Å². The topological polar surface area (TPSA) is 72.6 Å². The molecule has 0 radical (unpaired) electrons. The van der Waals surface area contributed by atoms with Crippen molar-refractivity contribution in [3.05, 3.63) is 34.9 Å². The second kappa shape index (κ2) is 6.58. The zero-order valence-corrected chi connectivity index (χ0v) is 16.6. The van der Waals surface area contributed by atoms with E-state index in [-0.39, 0.29) is 24.9 Å². The van der Waals surface area contributed by atoms with Gasteiger partial charge in [0.2, 0.25) is 5.65 Å². The molecule has 0 N–H and O–H groups in total. The number of fused-ring (bicyclic) bond motifs is 1. The predicted octanol–water partition coefficient (Wildman–Crippen LogP) is 3.46. The molecule has 1 saturated heterocycles. The molecule has 0 atom stereocenters. The van der Waals surface area contributed by atoms with E-state index in [1.165, 1.54) is 4.80 Å². The van der Waals surface area contributed by atoms with Crippen molar-refractivity contribution in [3.63, 3.8) is 0 Å². The van der Waals surface area contributed by atoms with Crippen LogP contribution in [-0.4, -0.2) is 49.0 Å². The molecule has 1 aliphatic heterocycles. The minimum absolute atomic E-state index is 0.206. The molecule has 0 unspecified atom stereocenters. The van der Waals surface area contributed by atoms with E-state index in [0.29, 0.717) is 34.5 Å². The van der Waals surface area contributed by atoms with E-state index in [0.717, 1.165) is 5.56 Å². The van der Waals surface area contributed by atoms with Crippen molar-refractivity contribution in [2.24, 2.45) is 0 Å². The van der Waals surface area contributed by atoms with Gasteiger partial charge < -0.3 is 4.90 Å². The minimum Gasteiger partial charge on any atom is -0.348 e. The van der Waals surface area contributed by atoms with Gasteiger partial charge in [-0.05, 0) is 6.07 Å². The molecular weight excluding hydrogens is 388 g/mol. The molecule has 3 aromatic heterocycles. The number of hydrogen-bond donors (Lipinski definition) is 0. The minimum atomic E-state index is -2.74. The lowest BCUT2D eigenvalue weighted by molar-refractivity contribution is 0.0257. The summed E-state index contributed by atoms with van der Waals surface area (Å²) in [6.07, 6.45) is 1.40. The standard InChI is InChI=1S/C18H20ClF2N7/c1-17(2,3)16-23-14-12(15(24-16)27-8-6-18(20,21)10-27)25-28(26-14)9-11-5-4-7-22-13(11)19/h4-5,7H,6,8-10H2,1-3H3. The van der Waals surface area contributed by atoms with Crippen molar-refractivity contribution in [1.29, 1.82) is 0 Å². The normalized spacial score (nSPS) is 16.9. The molecule has 7 nitrogen and oxygen atoms in total. The summed E-state index contributed by atoms with van der Waals surface area (Å²) < 4.78 is 27.6. The second-order valence-electron chi connectivity index (χ2n) is 8.00. The quantitative estimate of drug-likeness (QED) is 0.619. The highest BCUT2D eigenvalue weighted by Gasteiger charge is 2.40. The van der Waals surface area contributed by atoms with Crippen LogP contribution in [0.4, 0.5) is 14.6 Å². The number of alkyl halides is 2. The van der Waals surface area contributed by atoms with Gasteiger partial charge in [-0.2, -0.15) is 4.80 Å². The number of hydrogen-bond acceptors (Lipinski definition) is 6. The molecule has 10 heteroatoms. The zero-order chi connectivity index (χ0) is 20.1. The van der Waals surface area contributed by atoms with Crippen LogP contribution in [0.15, 0.2) is 18.3 Å². The van der Waals surface area contributed by atoms with E-state index in [1.54, 1.807) is 17.2 Å². The van der Waals surface area contributed by atoms with E-state index < -0.39 is 5.92 Å². The lowest BCUT2D eigenvalue weighted by Crippen LogP contribution is -2.27. The van der Waals surface area contributed by atoms with E-state index in [2.05, 4.69) is 25.1 Å². The fourth-order valence-electron chi connectivity index (χ4n) is 3.07. The van der Waals surface area contributed by atoms with Crippen LogP contribution < -0.4 is 4.90 Å². The first-order valence-corrected chi connectivity index (χ1v) is 9.36. The Morgan fingerprint density at radius 3 is 2.64 bits per heavy atom. The van der Waals surface area contributed by atoms with Gasteiger partial charge in [0.05, 0.1) is 13.1 Å². The van der Waals surface area contributed by atoms with Crippen LogP contribution in [0, 0.1) is 0 Å². The first-order chi connectivity index (χ1) is 13.1. The Morgan fingerprint density at radius 1 is 1.21 bits per heavy atom. The third-order valence-corrected chi connectivity index (χ3v) is 4.90. The van der Waals surface area contributed by atoms with Gasteiger partial charge in [0.1, 0.15) is 11.0 Å². The molecule has 0 aromatic carbocycles. The third kappa shape index (κ3) is 3.63. The molecule has 0 bridgehead atoms. The van der Waals surface area contributed by atoms with Crippen molar-refractivity contribution >= 4 is 28.6 Å². The van der Waals surface area contributed by atoms with Gasteiger partial charge in [0.25, 0.3) is 5.92 Å². The smallest absolute Gasteiger partial charge is 0.266 e. The molecule has 1 fully saturated rings. The molecule has 0 spiro atoms. The van der Waals surface area contributed by atoms with Crippen LogP contribution in [-0.2, 0) is 12.0 Å². The number of anilines is 1. The Balaban J connectivity index is 1.80. The van der Waals surface area contributed by atoms with Crippen LogP contribution in [0.5, 0.6) is 0 Å². The summed E-state index contributed by atoms with van der Waals surface area (Å²) in [5, 5.41) is 9.28. The highest BCUT2D eigenvalue weighted by atomic mass is 35.5. The van der Waals surface area contributed by atoms with E-state index in [9.17, 15) is 8.78 Å². The molecule has 4 rings (SSSR count). The number of nitrogens with zero attached hydrogens (tertiary/aromatic N) is 7. The van der Waals surface area contributed by atoms with Crippen LogP contribution in [0.2, 0.25) is 5.15 Å². The van der Waals surface area contributed by atoms with E-state index in [1.807, 2.05) is 26.8 Å². The summed E-state index contributed by atoms with van der Waals surface area (Å²) in [4.78, 5) is 16.2. The Labute approximate surface area is 165 Å². The van der Waals surface area contributed by atoms with Crippen molar-refractivity contribution < 1.29 is 8.78 Å². The van der Waals surface area contributed by atoms with E-state index in [4.69, 9.17) is 11.6 Å². The molecule has 4 heterocycles. The van der Waals surface area contributed by atoms with Crippen LogP contribution >= 0.6 is 11.6 Å². The lowest BCUT2D eigenvalue weighted by Gasteiger charge is -2.21. The summed E-state index contributed by atoms with van der Waals surface area (Å²) >= 11 is 6.12. The molecule has 0 amide bonds. The van der Waals surface area contributed by atoms with Gasteiger partial charge in [0, 0.05) is 30.1 Å². The Bertz CT molecular complexity index is 1030. The number of aromatic nitrogens is 6. The average Bonchev–Trinajstić information content (AvgIpc) is 3.17. The number of pyridine rings is 1. The maximum absolute atomic E-state index is 13.8. The largest absolute Gasteiger partial charge is 0.348 e. The van der Waals surface area contributed by atoms with Gasteiger partial charge in [-0.15, -0.1) is 10.2 Å². The number of rotatable bonds is 3. The third-order valence-electron chi connectivity index (χ3n) is 4.56. The first kappa shape index (κ1) is 18.9. The van der Waals surface area contributed by atoms with Crippen molar-refractivity contribution in [3.8, 4) is 0 Å². The van der Waals surface area contributed by atoms with Gasteiger partial charge in [0.15, 0.2) is 11.3 Å². The Hall–Kier alpha value is -2.42. The van der Waals surface area contributed by atoms with Crippen LogP contribution in [0.1, 0.15) is 38.6 Å². The number of halogens is 3. The summed E-state index contributed by atoms with van der Waals surface area (Å²) in [5.41, 5.74) is 1.18. The van der Waals surface area contributed by atoms with Gasteiger partial charge >= 0.3 is 0 Å². The lowest BCUT2D eigenvalue weighted by atomic mass is 9.96. The zero-order valence-electron chi connectivity index (χ0n) is 15.8. The maximum Gasteiger partial charge on any atom is 0.266 e. The Morgan fingerprint density at radius 2 is 2.00 bits per heavy atom. The predicted molar refractivity (Wildman–Crippen MR) is 102 cm³/mol. The summed E-state index contributed by atoms with van der Waals surface area (Å²) in [6, 6.07) is 3.61. The molecule has 28 heavy (non-hydrogen) atoms. The van der Waals surface area contributed by atoms with Crippen molar-refractivity contribution in [1.82, 2.24) is 29.9 Å². The highest BCUT2D eigenvalue weighted by molar-refractivity contribution is 6.30. The van der Waals surface area contributed by atoms with Crippen LogP contribution in [0.25, 0.3) is 11.2 Å². The van der Waals surface area contributed by atoms with Gasteiger partial charge in [-0.3, -0.25) is 0 Å². The molecule has 0 aliphatic carbocycles. The first-order valence-electron chi connectivity index (χ1n) is 8.98. The second-order valence-corrected chi connectivity index (χ2v) is 8.36. The van der Waals surface area contributed by atoms with Crippen molar-refractivity contribution in [2.75, 3.05) is 18.0 Å². The Kier molecular flexibility index (Phi) is 4.45. The van der Waals surface area contributed by atoms with Gasteiger partial charge in [-0.1, -0.05) is 38.4 Å². The van der Waals surface area contributed by atoms with Crippen molar-refractivity contribution in [2.45, 2.75) is 45.1 Å².